The summed E-state index contributed by atoms with van der Waals surface area (Å²) in [7, 11) is 8.02. The van der Waals surface area contributed by atoms with Gasteiger partial charge in [0.15, 0.2) is 23.5 Å². The van der Waals surface area contributed by atoms with Gasteiger partial charge in [0.05, 0.1) is 36.9 Å². The number of hydrogen-bond acceptors (Lipinski definition) is 11. The Bertz CT molecular complexity index is 3680. The number of benzene rings is 6. The fourth-order valence-electron chi connectivity index (χ4n) is 13.1. The van der Waals surface area contributed by atoms with Crippen LogP contribution in [0.3, 0.4) is 0 Å². The van der Waals surface area contributed by atoms with Crippen molar-refractivity contribution in [3.8, 4) is 0 Å². The van der Waals surface area contributed by atoms with Crippen molar-refractivity contribution in [2.45, 2.75) is 145 Å². The van der Waals surface area contributed by atoms with Crippen LogP contribution in [-0.4, -0.2) is 136 Å². The summed E-state index contributed by atoms with van der Waals surface area (Å²) in [6.45, 7) is 1.48. The predicted molar refractivity (Wildman–Crippen MR) is 408 cm³/mol. The average molecular weight is 1510 g/mol. The maximum absolute atomic E-state index is 13.7. The van der Waals surface area contributed by atoms with Crippen LogP contribution in [0.1, 0.15) is 129 Å². The fourth-order valence-corrected chi connectivity index (χ4v) is 18.8. The third-order valence-corrected chi connectivity index (χ3v) is 22.5. The number of ketones is 1. The van der Waals surface area contributed by atoms with Crippen LogP contribution in [0.4, 0.5) is 9.59 Å². The summed E-state index contributed by atoms with van der Waals surface area (Å²) in [6.07, 6.45) is 21.3. The molecule has 2 unspecified atom stereocenters. The molecule has 97 heavy (non-hydrogen) atoms. The molecule has 522 valence electrons. The molecule has 0 bridgehead atoms. The van der Waals surface area contributed by atoms with Gasteiger partial charge in [0.25, 0.3) is 0 Å². The SMILES string of the molecule is C.C.C.CS(C)(C)OC1=C(OS(C)(C)C)CCCC1.O=C1N(Cc2ccccc2)C(O)[C@@H]2CS[C@@H](c3ccccc3)N12.O=C1N(Cc2ccccc2)[C@@H](C2(O)CCCCC2=O)[C@@H]2CS[C@@H](c3ccccc3)N12.O=c1n(Cc2ccccc2)cc2n1[C@H](c1ccccc1)SC2.[Cl][Zn][Cl]. The number of rotatable bonds is 14. The van der Waals surface area contributed by atoms with Crippen LogP contribution in [-0.2, 0) is 53.7 Å². The molecule has 5 aliphatic heterocycles. The molecule has 6 aromatic carbocycles. The molecule has 0 spiro atoms. The molecule has 1 aromatic heterocycles. The molecular weight excluding hydrogens is 1410 g/mol. The van der Waals surface area contributed by atoms with Gasteiger partial charge in [-0.05, 0) is 103 Å². The van der Waals surface area contributed by atoms with E-state index in [2.05, 4.69) is 61.8 Å². The number of allylic oxidation sites excluding steroid dienone is 2. The topological polar surface area (TPSA) is 150 Å². The third kappa shape index (κ3) is 19.6. The molecule has 22 heteroatoms. The van der Waals surface area contributed by atoms with E-state index in [-0.39, 0.29) is 74.0 Å². The zero-order chi connectivity index (χ0) is 66.6. The maximum atomic E-state index is 13.7. The fraction of sp³-hybridized carbons (Fsp3) is 0.413. The average Bonchev–Trinajstić information content (AvgIpc) is 1.58. The van der Waals surface area contributed by atoms with Crippen LogP contribution in [0.15, 0.2) is 205 Å². The number of Topliss-reactive ketones (excluding diaryl/α,β-unsaturated/α-hetero) is 1. The van der Waals surface area contributed by atoms with Crippen LogP contribution >= 0.6 is 75.3 Å². The Morgan fingerprint density at radius 1 is 0.515 bits per heavy atom. The van der Waals surface area contributed by atoms with E-state index in [4.69, 9.17) is 27.7 Å². The number of thioether (sulfide) groups is 3. The number of nitrogens with zero attached hydrogens (tertiary/aromatic N) is 6. The van der Waals surface area contributed by atoms with Crippen LogP contribution in [0.25, 0.3) is 0 Å². The number of aliphatic hydroxyl groups excluding tert-OH is 1. The minimum atomic E-state index is -1.46. The van der Waals surface area contributed by atoms with E-state index in [1.165, 1.54) is 18.4 Å². The summed E-state index contributed by atoms with van der Waals surface area (Å²) in [4.78, 5) is 59.3. The first-order valence-electron chi connectivity index (χ1n) is 31.9. The van der Waals surface area contributed by atoms with E-state index >= 15 is 0 Å². The van der Waals surface area contributed by atoms with E-state index < -0.39 is 53.6 Å². The molecule has 14 rings (SSSR count). The number of aromatic nitrogens is 2. The minimum absolute atomic E-state index is 0. The van der Waals surface area contributed by atoms with Gasteiger partial charge in [-0.2, -0.15) is 0 Å². The van der Waals surface area contributed by atoms with Gasteiger partial charge in [-0.15, -0.1) is 55.9 Å². The molecule has 1 saturated carbocycles. The second-order valence-corrected chi connectivity index (χ2v) is 40.7. The van der Waals surface area contributed by atoms with Crippen molar-refractivity contribution in [3.05, 3.63) is 249 Å². The summed E-state index contributed by atoms with van der Waals surface area (Å²) in [5.41, 5.74) is 6.30. The monoisotopic (exact) mass is 1500 g/mol. The Kier molecular flexibility index (Phi) is 29.7. The quantitative estimate of drug-likeness (QED) is 0.100. The molecular formula is C75H98Cl2N6O8S5Zn. The van der Waals surface area contributed by atoms with Gasteiger partial charge in [-0.25, -0.2) is 14.4 Å². The molecule has 6 heterocycles. The van der Waals surface area contributed by atoms with Crippen LogP contribution in [0.2, 0.25) is 0 Å². The molecule has 5 fully saturated rings. The Morgan fingerprint density at radius 3 is 1.34 bits per heavy atom. The van der Waals surface area contributed by atoms with Crippen molar-refractivity contribution in [2.24, 2.45) is 0 Å². The van der Waals surface area contributed by atoms with Crippen molar-refractivity contribution >= 4 is 93.1 Å². The molecule has 7 aromatic rings. The van der Waals surface area contributed by atoms with E-state index in [0.717, 1.165) is 88.0 Å². The number of fused-ring (bicyclic) bond motifs is 3. The molecule has 14 nitrogen and oxygen atoms in total. The summed E-state index contributed by atoms with van der Waals surface area (Å²) < 4.78 is 15.9. The van der Waals surface area contributed by atoms with Crippen LogP contribution in [0, 0.1) is 0 Å². The van der Waals surface area contributed by atoms with E-state index in [0.29, 0.717) is 32.5 Å². The normalized spacial score (nSPS) is 23.3. The number of aliphatic hydroxyl groups is 2. The Balaban J connectivity index is 0.000000182. The van der Waals surface area contributed by atoms with Gasteiger partial charge >= 0.3 is 52.3 Å². The number of imidazole rings is 1. The second kappa shape index (κ2) is 36.4. The third-order valence-electron chi connectivity index (χ3n) is 17.2. The van der Waals surface area contributed by atoms with Gasteiger partial charge in [0, 0.05) is 49.3 Å². The number of amides is 4. The zero-order valence-electron chi connectivity index (χ0n) is 54.4. The molecule has 8 atom stereocenters. The predicted octanol–water partition coefficient (Wildman–Crippen LogP) is 17.8. The summed E-state index contributed by atoms with van der Waals surface area (Å²) in [5.74, 6) is 4.50. The Hall–Kier alpha value is -5.25. The van der Waals surface area contributed by atoms with Gasteiger partial charge in [0.2, 0.25) is 0 Å². The summed E-state index contributed by atoms with van der Waals surface area (Å²) in [6, 6.07) is 59.1. The molecule has 0 radical (unpaired) electrons. The van der Waals surface area contributed by atoms with Gasteiger partial charge in [-0.1, -0.05) is 204 Å². The van der Waals surface area contributed by atoms with E-state index in [1.54, 1.807) is 33.3 Å². The van der Waals surface area contributed by atoms with Gasteiger partial charge < -0.3 is 33.3 Å². The Morgan fingerprint density at radius 2 is 0.897 bits per heavy atom. The van der Waals surface area contributed by atoms with Crippen molar-refractivity contribution in [3.63, 3.8) is 0 Å². The standard InChI is InChI=1S/C24H26N2O3S.C18H18N2O2S.C18H16N2OS.C12H26O2S2.3CH4.2ClH.Zn/c27-20-13-7-8-14-24(20,29)21-19-16-30-22(18-11-5-2-6-12-18)26(19)23(28)25(21)15-17-9-3-1-4-10-17;21-16-15-12-23-17(14-9-5-2-6-10-14)20(15)18(22)19(16)11-13-7-3-1-4-8-13;21-18-19(11-14-7-3-1-4-8-14)12-16-13-22-17(20(16)18)15-9-5-2-6-10-15;1-15(2,3)13-11-9-7-8-10-12(11)14-16(4,5)6;;;;;;/h1-6,9-12,19,21-22,29H,7-8,13-16H2;1-10,15-17,21H,11-12H2;1-10,12,17H,11,13H2;7-10H2,1-6H3;3*1H4;2*1H;/q;;;;;;;;;+2/p-2/t19-,21+,22-,24?;15-,16?,17-;17-;;;;;;;/m000......./s1. The zero-order valence-corrected chi connectivity index (χ0v) is 62.9. The molecule has 4 amide bonds. The van der Waals surface area contributed by atoms with E-state index in [9.17, 15) is 29.4 Å². The first-order valence-corrected chi connectivity index (χ1v) is 48.4. The number of halogens is 2. The van der Waals surface area contributed by atoms with Gasteiger partial charge in [0.1, 0.15) is 21.7 Å². The molecule has 2 aliphatic carbocycles. The number of carbonyl (C=O) groups is 3. The first-order chi connectivity index (χ1) is 45.3. The van der Waals surface area contributed by atoms with E-state index in [1.807, 2.05) is 195 Å². The molecule has 7 aliphatic rings. The molecule has 2 N–H and O–H groups in total. The number of urea groups is 2. The first kappa shape index (κ1) is 79.1. The van der Waals surface area contributed by atoms with Crippen molar-refractivity contribution in [1.82, 2.24) is 28.7 Å². The van der Waals surface area contributed by atoms with Crippen LogP contribution < -0.4 is 5.69 Å². The van der Waals surface area contributed by atoms with Gasteiger partial charge in [-0.3, -0.25) is 18.8 Å². The summed E-state index contributed by atoms with van der Waals surface area (Å²) in [5, 5.41) is 22.2. The number of hydrogen-bond donors (Lipinski definition) is 2. The van der Waals surface area contributed by atoms with Crippen molar-refractivity contribution in [1.29, 1.82) is 0 Å². The number of carbonyl (C=O) groups excluding carboxylic acids is 3. The molecule has 4 saturated heterocycles. The van der Waals surface area contributed by atoms with Crippen LogP contribution in [0.5, 0.6) is 0 Å². The Labute approximate surface area is 608 Å². The van der Waals surface area contributed by atoms with Crippen molar-refractivity contribution in [2.75, 3.05) is 49.0 Å². The second-order valence-electron chi connectivity index (χ2n) is 25.6. The van der Waals surface area contributed by atoms with Crippen molar-refractivity contribution < 1.29 is 48.1 Å². The summed E-state index contributed by atoms with van der Waals surface area (Å²) >= 11 is 4.32.